The average Bonchev–Trinajstić information content (AvgIpc) is 3.04. The number of carbonyl (C=O) groups is 1. The lowest BCUT2D eigenvalue weighted by atomic mass is 9.98. The standard InChI is InChI=1S/C24H25NO2S/c1-3-9-18(10-4-2)28-16-15-25-24(26)27-17-23-21-13-7-5-11-19(21)20-12-6-8-14-22(20)23/h3-14,23H,1,15-17H2,2H3,(H,25,26)/b10-4-,18-9+. The highest BCUT2D eigenvalue weighted by molar-refractivity contribution is 8.03. The normalized spacial score (nSPS) is 13.2. The maximum absolute atomic E-state index is 12.1. The zero-order valence-corrected chi connectivity index (χ0v) is 16.9. The second kappa shape index (κ2) is 10.00. The highest BCUT2D eigenvalue weighted by Gasteiger charge is 2.28. The van der Waals surface area contributed by atoms with Gasteiger partial charge in [-0.05, 0) is 35.3 Å². The minimum absolute atomic E-state index is 0.0874. The SMILES string of the molecule is C=C/C=C(\C=C/C)SCCNC(=O)OCC1c2ccccc2-c2ccccc21. The zero-order chi connectivity index (χ0) is 19.8. The smallest absolute Gasteiger partial charge is 0.407 e. The molecular formula is C24H25NO2S. The fourth-order valence-corrected chi connectivity index (χ4v) is 4.27. The Bertz CT molecular complexity index is 855. The number of rotatable bonds is 8. The van der Waals surface area contributed by atoms with Crippen LogP contribution in [0.4, 0.5) is 4.79 Å². The van der Waals surface area contributed by atoms with Crippen LogP contribution >= 0.6 is 11.8 Å². The Morgan fingerprint density at radius 1 is 1.14 bits per heavy atom. The molecule has 0 spiro atoms. The van der Waals surface area contributed by atoms with Crippen molar-refractivity contribution >= 4 is 17.9 Å². The van der Waals surface area contributed by atoms with Crippen molar-refractivity contribution in [3.63, 3.8) is 0 Å². The Morgan fingerprint density at radius 2 is 1.79 bits per heavy atom. The predicted octanol–water partition coefficient (Wildman–Crippen LogP) is 5.90. The fraction of sp³-hybridized carbons (Fsp3) is 0.208. The van der Waals surface area contributed by atoms with E-state index in [0.717, 1.165) is 10.7 Å². The molecule has 0 aromatic heterocycles. The molecule has 0 heterocycles. The van der Waals surface area contributed by atoms with E-state index in [4.69, 9.17) is 4.74 Å². The van der Waals surface area contributed by atoms with Gasteiger partial charge in [0.2, 0.25) is 0 Å². The van der Waals surface area contributed by atoms with E-state index in [-0.39, 0.29) is 12.0 Å². The van der Waals surface area contributed by atoms with Crippen molar-refractivity contribution in [2.75, 3.05) is 18.9 Å². The third-order valence-electron chi connectivity index (χ3n) is 4.60. The van der Waals surface area contributed by atoms with Gasteiger partial charge < -0.3 is 10.1 Å². The molecule has 2 aromatic carbocycles. The number of allylic oxidation sites excluding steroid dienone is 4. The van der Waals surface area contributed by atoms with Gasteiger partial charge in [0, 0.05) is 23.1 Å². The maximum atomic E-state index is 12.1. The Hall–Kier alpha value is -2.72. The molecule has 0 bridgehead atoms. The van der Waals surface area contributed by atoms with Gasteiger partial charge in [0.15, 0.2) is 0 Å². The van der Waals surface area contributed by atoms with Crippen molar-refractivity contribution in [3.05, 3.63) is 95.4 Å². The number of ether oxygens (including phenoxy) is 1. The summed E-state index contributed by atoms with van der Waals surface area (Å²) in [5.74, 6) is 0.859. The molecule has 144 valence electrons. The molecule has 1 aliphatic rings. The van der Waals surface area contributed by atoms with Crippen LogP contribution in [0.1, 0.15) is 24.0 Å². The molecule has 28 heavy (non-hydrogen) atoms. The lowest BCUT2D eigenvalue weighted by Gasteiger charge is -2.14. The molecule has 4 heteroatoms. The lowest BCUT2D eigenvalue weighted by Crippen LogP contribution is -2.28. The van der Waals surface area contributed by atoms with Crippen LogP contribution in [0.15, 0.2) is 84.3 Å². The van der Waals surface area contributed by atoms with Crippen LogP contribution in [0.2, 0.25) is 0 Å². The van der Waals surface area contributed by atoms with Crippen molar-refractivity contribution in [3.8, 4) is 11.1 Å². The summed E-state index contributed by atoms with van der Waals surface area (Å²) >= 11 is 1.67. The van der Waals surface area contributed by atoms with E-state index in [0.29, 0.717) is 13.2 Å². The van der Waals surface area contributed by atoms with Gasteiger partial charge in [0.05, 0.1) is 0 Å². The minimum atomic E-state index is -0.372. The van der Waals surface area contributed by atoms with Crippen molar-refractivity contribution < 1.29 is 9.53 Å². The summed E-state index contributed by atoms with van der Waals surface area (Å²) in [5, 5.41) is 2.83. The van der Waals surface area contributed by atoms with E-state index in [1.165, 1.54) is 22.3 Å². The number of hydrogen-bond acceptors (Lipinski definition) is 3. The number of alkyl carbamates (subject to hydrolysis) is 1. The van der Waals surface area contributed by atoms with Crippen molar-refractivity contribution in [2.45, 2.75) is 12.8 Å². The maximum Gasteiger partial charge on any atom is 0.407 e. The molecule has 1 aliphatic carbocycles. The van der Waals surface area contributed by atoms with Crippen LogP contribution in [0.3, 0.4) is 0 Å². The summed E-state index contributed by atoms with van der Waals surface area (Å²) in [4.78, 5) is 13.2. The van der Waals surface area contributed by atoms with E-state index < -0.39 is 0 Å². The van der Waals surface area contributed by atoms with Gasteiger partial charge in [0.1, 0.15) is 6.61 Å². The third kappa shape index (κ3) is 4.76. The summed E-state index contributed by atoms with van der Waals surface area (Å²) in [5.41, 5.74) is 4.90. The minimum Gasteiger partial charge on any atom is -0.449 e. The predicted molar refractivity (Wildman–Crippen MR) is 119 cm³/mol. The van der Waals surface area contributed by atoms with Gasteiger partial charge in [-0.3, -0.25) is 0 Å². The summed E-state index contributed by atoms with van der Waals surface area (Å²) in [6.45, 7) is 6.59. The number of hydrogen-bond donors (Lipinski definition) is 1. The lowest BCUT2D eigenvalue weighted by molar-refractivity contribution is 0.143. The Kier molecular flexibility index (Phi) is 7.15. The zero-order valence-electron chi connectivity index (χ0n) is 16.1. The Morgan fingerprint density at radius 3 is 2.39 bits per heavy atom. The van der Waals surface area contributed by atoms with E-state index in [1.54, 1.807) is 17.8 Å². The second-order valence-corrected chi connectivity index (χ2v) is 7.57. The average molecular weight is 392 g/mol. The number of amides is 1. The summed E-state index contributed by atoms with van der Waals surface area (Å²) in [6.07, 6.45) is 7.36. The molecule has 0 radical (unpaired) electrons. The number of thioether (sulfide) groups is 1. The molecule has 0 atom stereocenters. The van der Waals surface area contributed by atoms with Gasteiger partial charge in [-0.2, -0.15) is 0 Å². The largest absolute Gasteiger partial charge is 0.449 e. The first kappa shape index (κ1) is 20.0. The number of carbonyl (C=O) groups excluding carboxylic acids is 1. The molecule has 1 amide bonds. The van der Waals surface area contributed by atoms with Crippen LogP contribution in [0.5, 0.6) is 0 Å². The summed E-state index contributed by atoms with van der Waals surface area (Å²) in [6, 6.07) is 16.7. The molecular weight excluding hydrogens is 366 g/mol. The van der Waals surface area contributed by atoms with Crippen LogP contribution in [-0.4, -0.2) is 25.0 Å². The quantitative estimate of drug-likeness (QED) is 0.449. The van der Waals surface area contributed by atoms with Crippen LogP contribution in [0, 0.1) is 0 Å². The number of benzene rings is 2. The molecule has 1 N–H and O–H groups in total. The van der Waals surface area contributed by atoms with Crippen molar-refractivity contribution in [1.82, 2.24) is 5.32 Å². The van der Waals surface area contributed by atoms with E-state index in [2.05, 4.69) is 36.2 Å². The van der Waals surface area contributed by atoms with Crippen molar-refractivity contribution in [2.24, 2.45) is 0 Å². The Labute approximate surface area is 171 Å². The first-order valence-corrected chi connectivity index (χ1v) is 10.4. The van der Waals surface area contributed by atoms with Crippen LogP contribution < -0.4 is 5.32 Å². The fourth-order valence-electron chi connectivity index (χ4n) is 3.40. The Balaban J connectivity index is 1.51. The molecule has 3 rings (SSSR count). The molecule has 0 aliphatic heterocycles. The van der Waals surface area contributed by atoms with E-state index in [9.17, 15) is 4.79 Å². The van der Waals surface area contributed by atoms with Gasteiger partial charge in [-0.25, -0.2) is 4.79 Å². The van der Waals surface area contributed by atoms with E-state index in [1.807, 2.05) is 49.4 Å². The monoisotopic (exact) mass is 391 g/mol. The van der Waals surface area contributed by atoms with Gasteiger partial charge in [-0.15, -0.1) is 11.8 Å². The van der Waals surface area contributed by atoms with Gasteiger partial charge in [0.25, 0.3) is 0 Å². The molecule has 2 aromatic rings. The highest BCUT2D eigenvalue weighted by Crippen LogP contribution is 2.44. The topological polar surface area (TPSA) is 38.3 Å². The number of nitrogens with one attached hydrogen (secondary N) is 1. The van der Waals surface area contributed by atoms with E-state index >= 15 is 0 Å². The molecule has 0 unspecified atom stereocenters. The molecule has 0 saturated heterocycles. The van der Waals surface area contributed by atoms with Crippen LogP contribution in [-0.2, 0) is 4.74 Å². The van der Waals surface area contributed by atoms with Crippen molar-refractivity contribution in [1.29, 1.82) is 0 Å². The highest BCUT2D eigenvalue weighted by atomic mass is 32.2. The van der Waals surface area contributed by atoms with Crippen LogP contribution in [0.25, 0.3) is 11.1 Å². The molecule has 0 fully saturated rings. The second-order valence-electron chi connectivity index (χ2n) is 6.41. The third-order valence-corrected chi connectivity index (χ3v) is 5.61. The van der Waals surface area contributed by atoms with Gasteiger partial charge >= 0.3 is 6.09 Å². The molecule has 3 nitrogen and oxygen atoms in total. The summed E-state index contributed by atoms with van der Waals surface area (Å²) < 4.78 is 5.54. The van der Waals surface area contributed by atoms with Gasteiger partial charge in [-0.1, -0.05) is 73.3 Å². The first-order valence-electron chi connectivity index (χ1n) is 9.41. The number of fused-ring (bicyclic) bond motifs is 3. The summed E-state index contributed by atoms with van der Waals surface area (Å²) in [7, 11) is 0. The first-order chi connectivity index (χ1) is 13.7. The molecule has 0 saturated carbocycles.